The van der Waals surface area contributed by atoms with E-state index >= 15 is 0 Å². The molecule has 0 radical (unpaired) electrons. The average molecular weight is 344 g/mol. The highest BCUT2D eigenvalue weighted by Gasteiger charge is 2.33. The summed E-state index contributed by atoms with van der Waals surface area (Å²) in [7, 11) is 1.59. The Morgan fingerprint density at radius 1 is 1.33 bits per heavy atom. The molecule has 130 valence electrons. The zero-order chi connectivity index (χ0) is 17.9. The molecule has 0 aromatic carbocycles. The Labute approximate surface area is 134 Å². The Bertz CT molecular complexity index is 731. The van der Waals surface area contributed by atoms with Crippen LogP contribution < -0.4 is 0 Å². The number of halogens is 3. The lowest BCUT2D eigenvalue weighted by Gasteiger charge is -2.19. The van der Waals surface area contributed by atoms with E-state index < -0.39 is 17.8 Å². The third kappa shape index (κ3) is 4.25. The third-order valence-electron chi connectivity index (χ3n) is 3.23. The molecule has 0 spiro atoms. The number of carboxylic acid groups (broad SMARTS) is 1. The highest BCUT2D eigenvalue weighted by Crippen LogP contribution is 2.28. The lowest BCUT2D eigenvalue weighted by atomic mass is 10.1. The zero-order valence-electron chi connectivity index (χ0n) is 12.9. The molecule has 0 saturated heterocycles. The van der Waals surface area contributed by atoms with Gasteiger partial charge in [-0.25, -0.2) is 9.78 Å². The first-order chi connectivity index (χ1) is 11.2. The maximum Gasteiger partial charge on any atom is 0.433 e. The van der Waals surface area contributed by atoms with Gasteiger partial charge in [-0.2, -0.15) is 18.0 Å². The van der Waals surface area contributed by atoms with Gasteiger partial charge in [0.2, 0.25) is 0 Å². The predicted molar refractivity (Wildman–Crippen MR) is 74.8 cm³/mol. The molecule has 2 heterocycles. The van der Waals surface area contributed by atoms with Gasteiger partial charge in [0.25, 0.3) is 0 Å². The first kappa shape index (κ1) is 17.8. The summed E-state index contributed by atoms with van der Waals surface area (Å²) < 4.78 is 38.4. The van der Waals surface area contributed by atoms with Crippen LogP contribution in [0.1, 0.15) is 34.5 Å². The van der Waals surface area contributed by atoms with Gasteiger partial charge in [-0.3, -0.25) is 4.90 Å². The number of alkyl halides is 3. The van der Waals surface area contributed by atoms with E-state index in [0.29, 0.717) is 18.4 Å². The number of tetrazole rings is 1. The maximum absolute atomic E-state index is 12.8. The van der Waals surface area contributed by atoms with E-state index in [4.69, 9.17) is 5.11 Å². The topological polar surface area (TPSA) is 97.0 Å². The van der Waals surface area contributed by atoms with Crippen molar-refractivity contribution in [2.75, 3.05) is 6.54 Å². The number of hydrogen-bond acceptors (Lipinski definition) is 6. The van der Waals surface area contributed by atoms with Gasteiger partial charge in [0.15, 0.2) is 5.82 Å². The summed E-state index contributed by atoms with van der Waals surface area (Å²) in [5, 5.41) is 20.6. The molecule has 2 aromatic rings. The van der Waals surface area contributed by atoms with Gasteiger partial charge in [-0.05, 0) is 23.9 Å². The van der Waals surface area contributed by atoms with Crippen LogP contribution in [0.3, 0.4) is 0 Å². The highest BCUT2D eigenvalue weighted by atomic mass is 19.4. The molecule has 0 aliphatic heterocycles. The Morgan fingerprint density at radius 3 is 2.54 bits per heavy atom. The minimum atomic E-state index is -4.64. The van der Waals surface area contributed by atoms with Crippen molar-refractivity contribution in [2.45, 2.75) is 26.2 Å². The molecule has 24 heavy (non-hydrogen) atoms. The van der Waals surface area contributed by atoms with E-state index in [9.17, 15) is 18.0 Å². The lowest BCUT2D eigenvalue weighted by molar-refractivity contribution is -0.141. The van der Waals surface area contributed by atoms with Crippen molar-refractivity contribution in [3.63, 3.8) is 0 Å². The summed E-state index contributed by atoms with van der Waals surface area (Å²) in [6.07, 6.45) is -4.64. The highest BCUT2D eigenvalue weighted by molar-refractivity contribution is 5.88. The normalized spacial score (nSPS) is 11.9. The molecule has 8 nitrogen and oxygen atoms in total. The molecule has 0 atom stereocenters. The quantitative estimate of drug-likeness (QED) is 0.844. The van der Waals surface area contributed by atoms with E-state index in [0.717, 1.165) is 6.07 Å². The summed E-state index contributed by atoms with van der Waals surface area (Å²) in [5.41, 5.74) is -1.56. The van der Waals surface area contributed by atoms with Crippen LogP contribution in [0.4, 0.5) is 13.2 Å². The van der Waals surface area contributed by atoms with Gasteiger partial charge in [-0.15, -0.1) is 10.2 Å². The van der Waals surface area contributed by atoms with Crippen molar-refractivity contribution in [2.24, 2.45) is 7.05 Å². The standard InChI is InChI=1S/C13H15F3N6O2/c1-3-22(7-11-18-20-21(2)19-11)6-9-8(12(23)24)4-5-10(17-9)13(14,15)16/h4-5H,3,6-7H2,1-2H3,(H,23,24). The van der Waals surface area contributed by atoms with Crippen molar-refractivity contribution in [1.82, 2.24) is 30.1 Å². The fourth-order valence-corrected chi connectivity index (χ4v) is 2.05. The van der Waals surface area contributed by atoms with Crippen LogP contribution in [0.25, 0.3) is 0 Å². The smallest absolute Gasteiger partial charge is 0.433 e. The molecule has 2 rings (SSSR count). The minimum absolute atomic E-state index is 0.0830. The second-order valence-corrected chi connectivity index (χ2v) is 4.99. The number of carbonyl (C=O) groups is 1. The van der Waals surface area contributed by atoms with Crippen molar-refractivity contribution in [1.29, 1.82) is 0 Å². The fourth-order valence-electron chi connectivity index (χ4n) is 2.05. The predicted octanol–water partition coefficient (Wildman–Crippen LogP) is 1.34. The largest absolute Gasteiger partial charge is 0.478 e. The van der Waals surface area contributed by atoms with Crippen LogP contribution in [0, 0.1) is 0 Å². The van der Waals surface area contributed by atoms with Crippen LogP contribution in [0.15, 0.2) is 12.1 Å². The number of aromatic carboxylic acids is 1. The first-order valence-electron chi connectivity index (χ1n) is 6.96. The van der Waals surface area contributed by atoms with Gasteiger partial charge in [0.1, 0.15) is 5.69 Å². The lowest BCUT2D eigenvalue weighted by Crippen LogP contribution is -2.26. The molecule has 1 N–H and O–H groups in total. The van der Waals surface area contributed by atoms with Crippen molar-refractivity contribution in [3.05, 3.63) is 34.9 Å². The Hall–Kier alpha value is -2.56. The number of aryl methyl sites for hydroxylation is 1. The van der Waals surface area contributed by atoms with Crippen molar-refractivity contribution >= 4 is 5.97 Å². The van der Waals surface area contributed by atoms with Crippen LogP contribution in [-0.4, -0.2) is 47.7 Å². The molecule has 0 aliphatic carbocycles. The Kier molecular flexibility index (Phi) is 5.12. The summed E-state index contributed by atoms with van der Waals surface area (Å²) in [6, 6.07) is 1.58. The number of rotatable bonds is 6. The van der Waals surface area contributed by atoms with Gasteiger partial charge in [0.05, 0.1) is 24.8 Å². The monoisotopic (exact) mass is 344 g/mol. The molecule has 0 aliphatic rings. The number of aromatic nitrogens is 5. The third-order valence-corrected chi connectivity index (χ3v) is 3.23. The van der Waals surface area contributed by atoms with E-state index in [1.165, 1.54) is 4.80 Å². The van der Waals surface area contributed by atoms with Gasteiger partial charge < -0.3 is 5.11 Å². The number of hydrogen-bond donors (Lipinski definition) is 1. The Balaban J connectivity index is 2.28. The number of pyridine rings is 1. The van der Waals surface area contributed by atoms with E-state index in [1.54, 1.807) is 18.9 Å². The molecule has 0 bridgehead atoms. The van der Waals surface area contributed by atoms with Gasteiger partial charge >= 0.3 is 12.1 Å². The average Bonchev–Trinajstić information content (AvgIpc) is 2.90. The number of carboxylic acids is 1. The number of nitrogens with zero attached hydrogens (tertiary/aromatic N) is 6. The van der Waals surface area contributed by atoms with Gasteiger partial charge in [0, 0.05) is 6.54 Å². The van der Waals surface area contributed by atoms with Crippen LogP contribution in [-0.2, 0) is 26.3 Å². The molecule has 0 amide bonds. The van der Waals surface area contributed by atoms with Crippen LogP contribution >= 0.6 is 0 Å². The van der Waals surface area contributed by atoms with Crippen LogP contribution in [0.2, 0.25) is 0 Å². The summed E-state index contributed by atoms with van der Waals surface area (Å²) in [4.78, 5) is 17.7. The zero-order valence-corrected chi connectivity index (χ0v) is 12.9. The molecule has 0 unspecified atom stereocenters. The summed E-state index contributed by atoms with van der Waals surface area (Å²) in [5.74, 6) is -0.955. The maximum atomic E-state index is 12.8. The molecule has 2 aromatic heterocycles. The van der Waals surface area contributed by atoms with E-state index in [2.05, 4.69) is 20.4 Å². The van der Waals surface area contributed by atoms with E-state index in [-0.39, 0.29) is 24.3 Å². The SMILES string of the molecule is CCN(Cc1nnn(C)n1)Cc1nc(C(F)(F)F)ccc1C(=O)O. The minimum Gasteiger partial charge on any atom is -0.478 e. The second-order valence-electron chi connectivity index (χ2n) is 4.99. The fraction of sp³-hybridized carbons (Fsp3) is 0.462. The second kappa shape index (κ2) is 6.91. The molecule has 11 heteroatoms. The molecular weight excluding hydrogens is 329 g/mol. The summed E-state index contributed by atoms with van der Waals surface area (Å²) >= 11 is 0. The van der Waals surface area contributed by atoms with Gasteiger partial charge in [-0.1, -0.05) is 6.92 Å². The van der Waals surface area contributed by atoms with E-state index in [1.807, 2.05) is 0 Å². The molecule has 0 saturated carbocycles. The van der Waals surface area contributed by atoms with Crippen molar-refractivity contribution in [3.8, 4) is 0 Å². The van der Waals surface area contributed by atoms with Crippen LogP contribution in [0.5, 0.6) is 0 Å². The Morgan fingerprint density at radius 2 is 2.04 bits per heavy atom. The first-order valence-corrected chi connectivity index (χ1v) is 6.96. The van der Waals surface area contributed by atoms with Crippen molar-refractivity contribution < 1.29 is 23.1 Å². The summed E-state index contributed by atoms with van der Waals surface area (Å²) in [6.45, 7) is 2.35. The molecule has 0 fully saturated rings. The molecular formula is C13H15F3N6O2.